The second-order valence-electron chi connectivity index (χ2n) is 4.64. The standard InChI is InChI=1S/C11H19NO5/c1-7(10(15)16-11(4,5)6)12(8(2)13)17-9(3)14/h7H,1-6H3. The molecule has 0 aliphatic rings. The van der Waals surface area contributed by atoms with Gasteiger partial charge < -0.3 is 9.57 Å². The van der Waals surface area contributed by atoms with Crippen molar-refractivity contribution >= 4 is 17.8 Å². The van der Waals surface area contributed by atoms with E-state index in [4.69, 9.17) is 4.74 Å². The van der Waals surface area contributed by atoms with Crippen LogP contribution >= 0.6 is 0 Å². The van der Waals surface area contributed by atoms with Gasteiger partial charge in [0, 0.05) is 13.8 Å². The van der Waals surface area contributed by atoms with Crippen LogP contribution in [0.2, 0.25) is 0 Å². The van der Waals surface area contributed by atoms with Gasteiger partial charge in [-0.1, -0.05) is 0 Å². The summed E-state index contributed by atoms with van der Waals surface area (Å²) in [5.74, 6) is -1.84. The van der Waals surface area contributed by atoms with Gasteiger partial charge in [-0.25, -0.2) is 4.79 Å². The zero-order valence-corrected chi connectivity index (χ0v) is 11.1. The topological polar surface area (TPSA) is 72.9 Å². The summed E-state index contributed by atoms with van der Waals surface area (Å²) in [6, 6.07) is -0.976. The lowest BCUT2D eigenvalue weighted by Gasteiger charge is -2.27. The van der Waals surface area contributed by atoms with Crippen LogP contribution in [0.3, 0.4) is 0 Å². The number of hydrogen-bond donors (Lipinski definition) is 0. The number of carbonyl (C=O) groups excluding carboxylic acids is 3. The molecule has 0 saturated carbocycles. The van der Waals surface area contributed by atoms with Crippen LogP contribution in [0.4, 0.5) is 0 Å². The minimum atomic E-state index is -0.976. The minimum Gasteiger partial charge on any atom is -0.458 e. The molecule has 0 bridgehead atoms. The highest BCUT2D eigenvalue weighted by Crippen LogP contribution is 2.12. The smallest absolute Gasteiger partial charge is 0.332 e. The van der Waals surface area contributed by atoms with Crippen molar-refractivity contribution in [1.82, 2.24) is 5.06 Å². The normalized spacial score (nSPS) is 12.6. The second-order valence-corrected chi connectivity index (χ2v) is 4.64. The highest BCUT2D eigenvalue weighted by atomic mass is 16.7. The van der Waals surface area contributed by atoms with E-state index >= 15 is 0 Å². The van der Waals surface area contributed by atoms with Crippen molar-refractivity contribution in [1.29, 1.82) is 0 Å². The van der Waals surface area contributed by atoms with Gasteiger partial charge in [-0.2, -0.15) is 5.06 Å². The molecular formula is C11H19NO5. The third-order valence-corrected chi connectivity index (χ3v) is 1.64. The van der Waals surface area contributed by atoms with E-state index in [-0.39, 0.29) is 0 Å². The van der Waals surface area contributed by atoms with Gasteiger partial charge in [-0.15, -0.1) is 0 Å². The molecule has 0 N–H and O–H groups in total. The average Bonchev–Trinajstić information content (AvgIpc) is 2.09. The Labute approximate surface area is 101 Å². The van der Waals surface area contributed by atoms with Crippen molar-refractivity contribution in [3.8, 4) is 0 Å². The lowest BCUT2D eigenvalue weighted by molar-refractivity contribution is -0.210. The van der Waals surface area contributed by atoms with Crippen molar-refractivity contribution in [3.05, 3.63) is 0 Å². The molecule has 98 valence electrons. The number of carbonyl (C=O) groups is 3. The van der Waals surface area contributed by atoms with E-state index in [1.165, 1.54) is 13.8 Å². The minimum absolute atomic E-state index is 0.543. The first-order valence-corrected chi connectivity index (χ1v) is 5.26. The first kappa shape index (κ1) is 15.4. The third kappa shape index (κ3) is 5.89. The Hall–Kier alpha value is -1.59. The van der Waals surface area contributed by atoms with E-state index in [9.17, 15) is 14.4 Å². The van der Waals surface area contributed by atoms with Crippen LogP contribution in [0.15, 0.2) is 0 Å². The molecular weight excluding hydrogens is 226 g/mol. The fraction of sp³-hybridized carbons (Fsp3) is 0.727. The van der Waals surface area contributed by atoms with Gasteiger partial charge in [0.2, 0.25) is 0 Å². The highest BCUT2D eigenvalue weighted by molar-refractivity contribution is 5.83. The number of rotatable bonds is 2. The van der Waals surface area contributed by atoms with Gasteiger partial charge in [-0.3, -0.25) is 9.59 Å². The first-order valence-electron chi connectivity index (χ1n) is 5.26. The molecule has 6 heteroatoms. The number of ether oxygens (including phenoxy) is 1. The van der Waals surface area contributed by atoms with Gasteiger partial charge in [0.05, 0.1) is 0 Å². The number of esters is 1. The largest absolute Gasteiger partial charge is 0.458 e. The van der Waals surface area contributed by atoms with Crippen molar-refractivity contribution in [2.45, 2.75) is 53.2 Å². The van der Waals surface area contributed by atoms with Gasteiger partial charge in [0.25, 0.3) is 5.91 Å². The van der Waals surface area contributed by atoms with Gasteiger partial charge >= 0.3 is 11.9 Å². The molecule has 0 saturated heterocycles. The van der Waals surface area contributed by atoms with Crippen LogP contribution in [0.5, 0.6) is 0 Å². The Bertz CT molecular complexity index is 318. The molecule has 0 rings (SSSR count). The van der Waals surface area contributed by atoms with Gasteiger partial charge in [0.15, 0.2) is 6.04 Å². The molecule has 0 heterocycles. The van der Waals surface area contributed by atoms with E-state index in [1.54, 1.807) is 20.8 Å². The van der Waals surface area contributed by atoms with Crippen LogP contribution < -0.4 is 0 Å². The van der Waals surface area contributed by atoms with E-state index in [0.29, 0.717) is 5.06 Å². The van der Waals surface area contributed by atoms with E-state index < -0.39 is 29.5 Å². The van der Waals surface area contributed by atoms with Crippen molar-refractivity contribution < 1.29 is 24.0 Å². The molecule has 0 radical (unpaired) electrons. The van der Waals surface area contributed by atoms with E-state index in [0.717, 1.165) is 6.92 Å². The van der Waals surface area contributed by atoms with Crippen LogP contribution in [-0.4, -0.2) is 34.6 Å². The maximum absolute atomic E-state index is 11.7. The Morgan fingerprint density at radius 1 is 1.12 bits per heavy atom. The van der Waals surface area contributed by atoms with Crippen LogP contribution in [0, 0.1) is 0 Å². The average molecular weight is 245 g/mol. The zero-order valence-electron chi connectivity index (χ0n) is 11.1. The fourth-order valence-corrected chi connectivity index (χ4v) is 1.04. The maximum atomic E-state index is 11.7. The molecule has 0 fully saturated rings. The summed E-state index contributed by atoms with van der Waals surface area (Å²) in [5.41, 5.74) is -0.663. The number of hydrogen-bond acceptors (Lipinski definition) is 5. The Morgan fingerprint density at radius 3 is 1.88 bits per heavy atom. The molecule has 0 aromatic heterocycles. The van der Waals surface area contributed by atoms with Crippen molar-refractivity contribution in [3.63, 3.8) is 0 Å². The maximum Gasteiger partial charge on any atom is 0.332 e. The number of nitrogens with zero attached hydrogens (tertiary/aromatic N) is 1. The Morgan fingerprint density at radius 2 is 1.59 bits per heavy atom. The van der Waals surface area contributed by atoms with Crippen LogP contribution in [0.25, 0.3) is 0 Å². The van der Waals surface area contributed by atoms with Crippen LogP contribution in [0.1, 0.15) is 41.5 Å². The second kappa shape index (κ2) is 5.65. The third-order valence-electron chi connectivity index (χ3n) is 1.64. The summed E-state index contributed by atoms with van der Waals surface area (Å²) < 4.78 is 5.09. The van der Waals surface area contributed by atoms with Crippen LogP contribution in [-0.2, 0) is 24.0 Å². The predicted molar refractivity (Wildman–Crippen MR) is 59.6 cm³/mol. The quantitative estimate of drug-likeness (QED) is 0.537. The molecule has 6 nitrogen and oxygen atoms in total. The summed E-state index contributed by atoms with van der Waals surface area (Å²) in [7, 11) is 0. The SMILES string of the molecule is CC(=O)ON(C(C)=O)C(C)C(=O)OC(C)(C)C. The first-order chi connectivity index (χ1) is 7.54. The molecule has 0 aromatic rings. The lowest BCUT2D eigenvalue weighted by Crippen LogP contribution is -2.45. The molecule has 0 aliphatic carbocycles. The summed E-state index contributed by atoms with van der Waals surface area (Å²) in [4.78, 5) is 38.4. The van der Waals surface area contributed by atoms with Gasteiger partial charge in [0.1, 0.15) is 5.60 Å². The fourth-order valence-electron chi connectivity index (χ4n) is 1.04. The Balaban J connectivity index is 4.72. The molecule has 0 aliphatic heterocycles. The van der Waals surface area contributed by atoms with E-state index in [2.05, 4.69) is 4.84 Å². The molecule has 0 spiro atoms. The molecule has 1 unspecified atom stereocenters. The van der Waals surface area contributed by atoms with Gasteiger partial charge in [-0.05, 0) is 27.7 Å². The summed E-state index contributed by atoms with van der Waals surface area (Å²) >= 11 is 0. The number of amides is 1. The summed E-state index contributed by atoms with van der Waals surface area (Å²) in [5, 5.41) is 0.705. The summed E-state index contributed by atoms with van der Waals surface area (Å²) in [6.45, 7) is 8.91. The molecule has 1 atom stereocenters. The zero-order chi connectivity index (χ0) is 13.8. The number of hydroxylamine groups is 2. The Kier molecular flexibility index (Phi) is 5.12. The highest BCUT2D eigenvalue weighted by Gasteiger charge is 2.30. The predicted octanol–water partition coefficient (Wildman–Crippen LogP) is 1.04. The van der Waals surface area contributed by atoms with Crippen molar-refractivity contribution in [2.75, 3.05) is 0 Å². The molecule has 17 heavy (non-hydrogen) atoms. The summed E-state index contributed by atoms with van der Waals surface area (Å²) in [6.07, 6.45) is 0. The molecule has 1 amide bonds. The molecule has 0 aromatic carbocycles. The van der Waals surface area contributed by atoms with Crippen molar-refractivity contribution in [2.24, 2.45) is 0 Å². The van der Waals surface area contributed by atoms with E-state index in [1.807, 2.05) is 0 Å². The monoisotopic (exact) mass is 245 g/mol. The lowest BCUT2D eigenvalue weighted by atomic mass is 10.2.